The van der Waals surface area contributed by atoms with Crippen LogP contribution in [-0.2, 0) is 0 Å². The first-order valence-corrected chi connectivity index (χ1v) is 5.36. The van der Waals surface area contributed by atoms with Crippen molar-refractivity contribution in [2.45, 2.75) is 32.8 Å². The van der Waals surface area contributed by atoms with E-state index >= 15 is 0 Å². The smallest absolute Gasteiger partial charge is 0.269 e. The number of benzene rings is 1. The van der Waals surface area contributed by atoms with Crippen molar-refractivity contribution in [3.63, 3.8) is 0 Å². The Kier molecular flexibility index (Phi) is 4.01. The van der Waals surface area contributed by atoms with Crippen LogP contribution < -0.4 is 0 Å². The Bertz CT molecular complexity index is 349. The minimum absolute atomic E-state index is 0.0146. The third kappa shape index (κ3) is 2.79. The molecule has 0 aliphatic carbocycles. The van der Waals surface area contributed by atoms with Crippen molar-refractivity contribution >= 4 is 5.69 Å². The molecule has 4 heteroatoms. The number of hydrogen-bond acceptors (Lipinski definition) is 3. The molecule has 0 bridgehead atoms. The Morgan fingerprint density at radius 2 is 1.69 bits per heavy atom. The van der Waals surface area contributed by atoms with E-state index in [0.29, 0.717) is 5.92 Å². The van der Waals surface area contributed by atoms with Gasteiger partial charge in [0, 0.05) is 18.1 Å². The Labute approximate surface area is 95.1 Å². The molecule has 0 heterocycles. The van der Waals surface area contributed by atoms with Crippen LogP contribution in [0, 0.1) is 16.0 Å². The van der Waals surface area contributed by atoms with Crippen LogP contribution >= 0.6 is 0 Å². The average Bonchev–Trinajstić information content (AvgIpc) is 2.17. The third-order valence-electron chi connectivity index (χ3n) is 2.73. The molecule has 2 unspecified atom stereocenters. The molecule has 1 aromatic rings. The van der Waals surface area contributed by atoms with Crippen LogP contribution in [0.2, 0.25) is 0 Å². The first-order chi connectivity index (χ1) is 7.43. The van der Waals surface area contributed by atoms with Gasteiger partial charge in [0.05, 0.1) is 11.0 Å². The van der Waals surface area contributed by atoms with E-state index in [-0.39, 0.29) is 11.6 Å². The van der Waals surface area contributed by atoms with Crippen LogP contribution in [0.4, 0.5) is 5.69 Å². The number of hydrogen-bond donors (Lipinski definition) is 1. The molecule has 0 aliphatic rings. The van der Waals surface area contributed by atoms with Gasteiger partial charge in [0.15, 0.2) is 0 Å². The number of nitrogens with zero attached hydrogens (tertiary/aromatic N) is 1. The van der Waals surface area contributed by atoms with Crippen molar-refractivity contribution in [2.24, 2.45) is 5.92 Å². The van der Waals surface area contributed by atoms with Crippen LogP contribution in [-0.4, -0.2) is 16.1 Å². The minimum atomic E-state index is -0.457. The highest BCUT2D eigenvalue weighted by Gasteiger charge is 2.21. The SMILES string of the molecule is CC(C)C(c1ccc([N+](=O)[O-])cc1)C(C)O. The molecule has 88 valence electrons. The van der Waals surface area contributed by atoms with E-state index in [4.69, 9.17) is 0 Å². The lowest BCUT2D eigenvalue weighted by molar-refractivity contribution is -0.384. The van der Waals surface area contributed by atoms with Crippen LogP contribution in [0.15, 0.2) is 24.3 Å². The largest absolute Gasteiger partial charge is 0.393 e. The highest BCUT2D eigenvalue weighted by Crippen LogP contribution is 2.29. The molecule has 0 fully saturated rings. The number of aliphatic hydroxyl groups is 1. The van der Waals surface area contributed by atoms with Gasteiger partial charge >= 0.3 is 0 Å². The second-order valence-electron chi connectivity index (χ2n) is 4.36. The Morgan fingerprint density at radius 3 is 2.00 bits per heavy atom. The molecule has 0 radical (unpaired) electrons. The molecular weight excluding hydrogens is 206 g/mol. The van der Waals surface area contributed by atoms with Gasteiger partial charge in [0.1, 0.15) is 0 Å². The van der Waals surface area contributed by atoms with Crippen molar-refractivity contribution in [1.29, 1.82) is 0 Å². The van der Waals surface area contributed by atoms with Gasteiger partial charge in [0.2, 0.25) is 0 Å². The predicted molar refractivity (Wildman–Crippen MR) is 62.4 cm³/mol. The zero-order chi connectivity index (χ0) is 12.3. The maximum Gasteiger partial charge on any atom is 0.269 e. The van der Waals surface area contributed by atoms with Crippen molar-refractivity contribution in [3.8, 4) is 0 Å². The van der Waals surface area contributed by atoms with Gasteiger partial charge in [0.25, 0.3) is 5.69 Å². The molecule has 1 rings (SSSR count). The lowest BCUT2D eigenvalue weighted by atomic mass is 9.84. The van der Waals surface area contributed by atoms with Crippen molar-refractivity contribution < 1.29 is 10.0 Å². The maximum absolute atomic E-state index is 10.5. The summed E-state index contributed by atoms with van der Waals surface area (Å²) in [5.41, 5.74) is 1.02. The second-order valence-corrected chi connectivity index (χ2v) is 4.36. The van der Waals surface area contributed by atoms with E-state index in [2.05, 4.69) is 0 Å². The van der Waals surface area contributed by atoms with Crippen LogP contribution in [0.1, 0.15) is 32.3 Å². The zero-order valence-electron chi connectivity index (χ0n) is 9.75. The molecule has 16 heavy (non-hydrogen) atoms. The summed E-state index contributed by atoms with van der Waals surface area (Å²) >= 11 is 0. The van der Waals surface area contributed by atoms with Gasteiger partial charge in [-0.15, -0.1) is 0 Å². The molecule has 2 atom stereocenters. The zero-order valence-corrected chi connectivity index (χ0v) is 9.75. The van der Waals surface area contributed by atoms with Gasteiger partial charge in [-0.05, 0) is 18.4 Å². The fourth-order valence-electron chi connectivity index (χ4n) is 2.04. The molecule has 0 spiro atoms. The van der Waals surface area contributed by atoms with E-state index < -0.39 is 11.0 Å². The Hall–Kier alpha value is -1.42. The highest BCUT2D eigenvalue weighted by atomic mass is 16.6. The summed E-state index contributed by atoms with van der Waals surface area (Å²) in [6.45, 7) is 5.80. The van der Waals surface area contributed by atoms with Gasteiger partial charge in [-0.3, -0.25) is 10.1 Å². The number of aliphatic hydroxyl groups excluding tert-OH is 1. The standard InChI is InChI=1S/C12H17NO3/c1-8(2)12(9(3)14)10-4-6-11(7-5-10)13(15)16/h4-9,12,14H,1-3H3. The summed E-state index contributed by atoms with van der Waals surface area (Å²) in [5.74, 6) is 0.308. The summed E-state index contributed by atoms with van der Waals surface area (Å²) in [7, 11) is 0. The second kappa shape index (κ2) is 5.07. The highest BCUT2D eigenvalue weighted by molar-refractivity contribution is 5.34. The van der Waals surface area contributed by atoms with E-state index in [1.165, 1.54) is 12.1 Å². The topological polar surface area (TPSA) is 63.4 Å². The summed E-state index contributed by atoms with van der Waals surface area (Å²) in [6, 6.07) is 6.39. The fraction of sp³-hybridized carbons (Fsp3) is 0.500. The van der Waals surface area contributed by atoms with Gasteiger partial charge < -0.3 is 5.11 Å². The van der Waals surface area contributed by atoms with Crippen molar-refractivity contribution in [1.82, 2.24) is 0 Å². The molecule has 4 nitrogen and oxygen atoms in total. The van der Waals surface area contributed by atoms with Gasteiger partial charge in [-0.25, -0.2) is 0 Å². The predicted octanol–water partition coefficient (Wildman–Crippen LogP) is 2.72. The molecule has 0 saturated carbocycles. The third-order valence-corrected chi connectivity index (χ3v) is 2.73. The normalized spacial score (nSPS) is 14.8. The Balaban J connectivity index is 2.99. The molecule has 0 amide bonds. The quantitative estimate of drug-likeness (QED) is 0.630. The lowest BCUT2D eigenvalue weighted by Gasteiger charge is -2.24. The lowest BCUT2D eigenvalue weighted by Crippen LogP contribution is -2.19. The first-order valence-electron chi connectivity index (χ1n) is 5.36. The molecule has 0 aromatic heterocycles. The van der Waals surface area contributed by atoms with Gasteiger partial charge in [-0.1, -0.05) is 26.0 Å². The van der Waals surface area contributed by atoms with Crippen molar-refractivity contribution in [3.05, 3.63) is 39.9 Å². The number of rotatable bonds is 4. The first kappa shape index (κ1) is 12.6. The van der Waals surface area contributed by atoms with Gasteiger partial charge in [-0.2, -0.15) is 0 Å². The van der Waals surface area contributed by atoms with E-state index in [0.717, 1.165) is 5.56 Å². The maximum atomic E-state index is 10.5. The average molecular weight is 223 g/mol. The minimum Gasteiger partial charge on any atom is -0.393 e. The fourth-order valence-corrected chi connectivity index (χ4v) is 2.04. The number of nitro benzene ring substituents is 1. The summed E-state index contributed by atoms with van der Waals surface area (Å²) in [4.78, 5) is 10.1. The van der Waals surface area contributed by atoms with Crippen LogP contribution in [0.3, 0.4) is 0 Å². The van der Waals surface area contributed by atoms with Crippen LogP contribution in [0.25, 0.3) is 0 Å². The molecule has 0 aliphatic heterocycles. The molecular formula is C12H17NO3. The number of nitro groups is 1. The Morgan fingerprint density at radius 1 is 1.19 bits per heavy atom. The van der Waals surface area contributed by atoms with E-state index in [1.807, 2.05) is 13.8 Å². The monoisotopic (exact) mass is 223 g/mol. The number of non-ortho nitro benzene ring substituents is 1. The molecule has 1 aromatic carbocycles. The summed E-state index contributed by atoms with van der Waals surface area (Å²) in [5, 5.41) is 20.2. The summed E-state index contributed by atoms with van der Waals surface area (Å²) in [6.07, 6.45) is -0.457. The van der Waals surface area contributed by atoms with E-state index in [9.17, 15) is 15.2 Å². The van der Waals surface area contributed by atoms with Crippen LogP contribution in [0.5, 0.6) is 0 Å². The van der Waals surface area contributed by atoms with E-state index in [1.54, 1.807) is 19.1 Å². The summed E-state index contributed by atoms with van der Waals surface area (Å²) < 4.78 is 0. The molecule has 0 saturated heterocycles. The van der Waals surface area contributed by atoms with Crippen molar-refractivity contribution in [2.75, 3.05) is 0 Å². The molecule has 1 N–H and O–H groups in total.